The first-order valence-electron chi connectivity index (χ1n) is 10.5. The number of halogens is 4. The zero-order valence-corrected chi connectivity index (χ0v) is 19.2. The Morgan fingerprint density at radius 2 is 1.76 bits per heavy atom. The van der Waals surface area contributed by atoms with Gasteiger partial charge in [-0.05, 0) is 43.7 Å². The second-order valence-electron chi connectivity index (χ2n) is 8.06. The maximum absolute atomic E-state index is 13.9. The number of hydrogen-bond donors (Lipinski definition) is 0. The number of alkyl halides is 3. The SMILES string of the molecule is Cc1ccc(-c2noc(C(C)N3CCN(S(=O)(=O)c4cccc(C(F)(F)F)c4)CC3)n2)cc1F. The predicted molar refractivity (Wildman–Crippen MR) is 115 cm³/mol. The van der Waals surface area contributed by atoms with Gasteiger partial charge >= 0.3 is 6.18 Å². The Morgan fingerprint density at radius 3 is 2.41 bits per heavy atom. The minimum atomic E-state index is -4.63. The lowest BCUT2D eigenvalue weighted by atomic mass is 10.1. The van der Waals surface area contributed by atoms with Crippen molar-refractivity contribution in [1.82, 2.24) is 19.3 Å². The molecule has 2 aromatic carbocycles. The molecular formula is C22H22F4N4O3S. The van der Waals surface area contributed by atoms with E-state index in [1.54, 1.807) is 19.1 Å². The lowest BCUT2D eigenvalue weighted by Crippen LogP contribution is -2.49. The van der Waals surface area contributed by atoms with Crippen molar-refractivity contribution in [2.75, 3.05) is 26.2 Å². The van der Waals surface area contributed by atoms with Crippen molar-refractivity contribution in [2.45, 2.75) is 31.0 Å². The van der Waals surface area contributed by atoms with Crippen LogP contribution in [0.3, 0.4) is 0 Å². The van der Waals surface area contributed by atoms with Crippen LogP contribution in [0.1, 0.15) is 30.0 Å². The van der Waals surface area contributed by atoms with Crippen LogP contribution in [0.15, 0.2) is 51.9 Å². The van der Waals surface area contributed by atoms with Gasteiger partial charge in [-0.15, -0.1) is 0 Å². The van der Waals surface area contributed by atoms with Crippen molar-refractivity contribution in [3.8, 4) is 11.4 Å². The minimum Gasteiger partial charge on any atom is -0.337 e. The Hall–Kier alpha value is -2.83. The zero-order chi connectivity index (χ0) is 24.7. The van der Waals surface area contributed by atoms with Gasteiger partial charge in [0.15, 0.2) is 0 Å². The highest BCUT2D eigenvalue weighted by Gasteiger charge is 2.35. The standard InChI is InChI=1S/C22H22F4N4O3S/c1-14-6-7-16(12-19(14)23)20-27-21(33-28-20)15(2)29-8-10-30(11-9-29)34(31,32)18-5-3-4-17(13-18)22(24,25)26/h3-7,12-13,15H,8-11H2,1-2H3. The summed E-state index contributed by atoms with van der Waals surface area (Å²) in [5, 5.41) is 3.92. The highest BCUT2D eigenvalue weighted by molar-refractivity contribution is 7.89. The van der Waals surface area contributed by atoms with Gasteiger partial charge in [-0.2, -0.15) is 22.5 Å². The average Bonchev–Trinajstić information content (AvgIpc) is 3.30. The molecule has 0 saturated carbocycles. The number of hydrogen-bond acceptors (Lipinski definition) is 6. The molecule has 1 aromatic heterocycles. The highest BCUT2D eigenvalue weighted by atomic mass is 32.2. The smallest absolute Gasteiger partial charge is 0.337 e. The number of nitrogens with zero attached hydrogens (tertiary/aromatic N) is 4. The van der Waals surface area contributed by atoms with E-state index in [1.165, 1.54) is 10.4 Å². The van der Waals surface area contributed by atoms with E-state index in [0.717, 1.165) is 18.2 Å². The largest absolute Gasteiger partial charge is 0.416 e. The van der Waals surface area contributed by atoms with Gasteiger partial charge in [0.1, 0.15) is 5.82 Å². The lowest BCUT2D eigenvalue weighted by molar-refractivity contribution is -0.137. The van der Waals surface area contributed by atoms with Crippen molar-refractivity contribution >= 4 is 10.0 Å². The summed E-state index contributed by atoms with van der Waals surface area (Å²) in [6.45, 7) is 4.28. The molecule has 1 aliphatic heterocycles. The first kappa shape index (κ1) is 24.3. The minimum absolute atomic E-state index is 0.0904. The fourth-order valence-electron chi connectivity index (χ4n) is 3.72. The van der Waals surface area contributed by atoms with Crippen LogP contribution >= 0.6 is 0 Å². The van der Waals surface area contributed by atoms with Crippen LogP contribution in [-0.2, 0) is 16.2 Å². The molecule has 1 aliphatic rings. The van der Waals surface area contributed by atoms with Crippen LogP contribution < -0.4 is 0 Å². The van der Waals surface area contributed by atoms with E-state index < -0.39 is 26.7 Å². The summed E-state index contributed by atoms with van der Waals surface area (Å²) >= 11 is 0. The van der Waals surface area contributed by atoms with E-state index in [4.69, 9.17) is 4.52 Å². The van der Waals surface area contributed by atoms with Crippen molar-refractivity contribution in [2.24, 2.45) is 0 Å². The van der Waals surface area contributed by atoms with E-state index in [2.05, 4.69) is 10.1 Å². The average molecular weight is 499 g/mol. The van der Waals surface area contributed by atoms with Crippen LogP contribution in [0.25, 0.3) is 11.4 Å². The van der Waals surface area contributed by atoms with Gasteiger partial charge in [0, 0.05) is 31.7 Å². The number of aromatic nitrogens is 2. The molecule has 1 saturated heterocycles. The van der Waals surface area contributed by atoms with E-state index in [9.17, 15) is 26.0 Å². The quantitative estimate of drug-likeness (QED) is 0.489. The normalized spacial score (nSPS) is 17.1. The molecule has 34 heavy (non-hydrogen) atoms. The number of aryl methyl sites for hydroxylation is 1. The molecule has 1 atom stereocenters. The third-order valence-electron chi connectivity index (χ3n) is 5.85. The molecule has 3 aromatic rings. The molecule has 7 nitrogen and oxygen atoms in total. The molecule has 1 unspecified atom stereocenters. The van der Waals surface area contributed by atoms with Crippen molar-refractivity contribution in [3.63, 3.8) is 0 Å². The van der Waals surface area contributed by atoms with Crippen LogP contribution in [0.4, 0.5) is 17.6 Å². The number of sulfonamides is 1. The molecule has 0 spiro atoms. The molecule has 0 aliphatic carbocycles. The van der Waals surface area contributed by atoms with Gasteiger partial charge in [0.2, 0.25) is 21.7 Å². The number of piperazine rings is 1. The van der Waals surface area contributed by atoms with Crippen molar-refractivity contribution in [1.29, 1.82) is 0 Å². The highest BCUT2D eigenvalue weighted by Crippen LogP contribution is 2.32. The third kappa shape index (κ3) is 4.84. The second kappa shape index (κ2) is 9.08. The Morgan fingerprint density at radius 1 is 1.06 bits per heavy atom. The molecule has 1 fully saturated rings. The molecule has 182 valence electrons. The summed E-state index contributed by atoms with van der Waals surface area (Å²) in [6.07, 6.45) is -4.63. The number of benzene rings is 2. The van der Waals surface area contributed by atoms with Crippen LogP contribution in [0, 0.1) is 12.7 Å². The van der Waals surface area contributed by atoms with Crippen LogP contribution in [-0.4, -0.2) is 53.9 Å². The summed E-state index contributed by atoms with van der Waals surface area (Å²) in [5.74, 6) is 0.159. The van der Waals surface area contributed by atoms with Gasteiger partial charge in [-0.25, -0.2) is 12.8 Å². The van der Waals surface area contributed by atoms with E-state index in [0.29, 0.717) is 36.2 Å². The maximum atomic E-state index is 13.9. The molecule has 12 heteroatoms. The van der Waals surface area contributed by atoms with Gasteiger partial charge in [0.05, 0.1) is 16.5 Å². The number of rotatable bonds is 5. The lowest BCUT2D eigenvalue weighted by Gasteiger charge is -2.36. The first-order valence-corrected chi connectivity index (χ1v) is 11.9. The van der Waals surface area contributed by atoms with Crippen molar-refractivity contribution < 1.29 is 30.5 Å². The maximum Gasteiger partial charge on any atom is 0.416 e. The van der Waals surface area contributed by atoms with Crippen LogP contribution in [0.2, 0.25) is 0 Å². The monoisotopic (exact) mass is 498 g/mol. The zero-order valence-electron chi connectivity index (χ0n) is 18.4. The Balaban J connectivity index is 1.44. The molecule has 4 rings (SSSR count). The summed E-state index contributed by atoms with van der Waals surface area (Å²) < 4.78 is 85.1. The summed E-state index contributed by atoms with van der Waals surface area (Å²) in [5.41, 5.74) is -0.0393. The van der Waals surface area contributed by atoms with Gasteiger partial charge in [0.25, 0.3) is 0 Å². The Labute approximate surface area is 194 Å². The Bertz CT molecular complexity index is 1290. The molecule has 0 radical (unpaired) electrons. The van der Waals surface area contributed by atoms with Crippen molar-refractivity contribution in [3.05, 3.63) is 65.3 Å². The van der Waals surface area contributed by atoms with Crippen LogP contribution in [0.5, 0.6) is 0 Å². The van der Waals surface area contributed by atoms with E-state index >= 15 is 0 Å². The second-order valence-corrected chi connectivity index (χ2v) is 10.00. The predicted octanol–water partition coefficient (Wildman–Crippen LogP) is 4.27. The summed E-state index contributed by atoms with van der Waals surface area (Å²) in [4.78, 5) is 5.89. The molecule has 2 heterocycles. The fraction of sp³-hybridized carbons (Fsp3) is 0.364. The van der Waals surface area contributed by atoms with E-state index in [-0.39, 0.29) is 30.8 Å². The fourth-order valence-corrected chi connectivity index (χ4v) is 5.19. The van der Waals surface area contributed by atoms with E-state index in [1.807, 2.05) is 11.8 Å². The Kier molecular flexibility index (Phi) is 6.49. The third-order valence-corrected chi connectivity index (χ3v) is 7.74. The summed E-state index contributed by atoms with van der Waals surface area (Å²) in [7, 11) is -4.08. The van der Waals surface area contributed by atoms with Gasteiger partial charge < -0.3 is 4.52 Å². The molecule has 0 amide bonds. The molecule has 0 N–H and O–H groups in total. The first-order chi connectivity index (χ1) is 16.0. The molecular weight excluding hydrogens is 476 g/mol. The summed E-state index contributed by atoms with van der Waals surface area (Å²) in [6, 6.07) is 8.03. The van der Waals surface area contributed by atoms with Gasteiger partial charge in [-0.3, -0.25) is 4.90 Å². The topological polar surface area (TPSA) is 79.5 Å². The molecule has 0 bridgehead atoms. The van der Waals surface area contributed by atoms with Gasteiger partial charge in [-0.1, -0.05) is 23.4 Å².